The smallest absolute Gasteiger partial charge is 0.254 e. The number of hydrogen-bond acceptors (Lipinski definition) is 10. The van der Waals surface area contributed by atoms with Crippen LogP contribution in [0.15, 0.2) is 73.3 Å². The molecule has 82 heavy (non-hydrogen) atoms. The van der Waals surface area contributed by atoms with Crippen molar-refractivity contribution >= 4 is 35.4 Å². The van der Waals surface area contributed by atoms with E-state index in [1.54, 1.807) is 77.0 Å². The monoisotopic (exact) mass is 1130 g/mol. The van der Waals surface area contributed by atoms with Gasteiger partial charge in [0.25, 0.3) is 11.8 Å². The lowest BCUT2D eigenvalue weighted by Gasteiger charge is -2.35. The van der Waals surface area contributed by atoms with Gasteiger partial charge < -0.3 is 41.7 Å². The minimum Gasteiger partial charge on any atom is -0.352 e. The van der Waals surface area contributed by atoms with E-state index in [1.807, 2.05) is 21.9 Å². The number of pyridine rings is 2. The van der Waals surface area contributed by atoms with E-state index in [9.17, 15) is 28.8 Å². The molecule has 0 bridgehead atoms. The van der Waals surface area contributed by atoms with Gasteiger partial charge in [-0.1, -0.05) is 76.3 Å². The zero-order valence-electron chi connectivity index (χ0n) is 48.5. The van der Waals surface area contributed by atoms with Gasteiger partial charge in [-0.15, -0.1) is 0 Å². The number of carbonyl (C=O) groups is 6. The first-order valence-corrected chi connectivity index (χ1v) is 30.4. The third-order valence-electron chi connectivity index (χ3n) is 17.6. The highest BCUT2D eigenvalue weighted by molar-refractivity contribution is 5.97. The Labute approximate surface area is 482 Å². The first-order chi connectivity index (χ1) is 39.8. The number of nitrogens with one attached hydrogen (secondary N) is 6. The van der Waals surface area contributed by atoms with E-state index in [-0.39, 0.29) is 58.7 Å². The summed E-state index contributed by atoms with van der Waals surface area (Å²) >= 11 is 0. The first-order valence-electron chi connectivity index (χ1n) is 30.4. The molecule has 0 unspecified atom stereocenters. The second-order valence-electron chi connectivity index (χ2n) is 23.2. The summed E-state index contributed by atoms with van der Waals surface area (Å²) in [4.78, 5) is 94.3. The molecule has 2 saturated carbocycles. The molecule has 2 aliphatic heterocycles. The molecule has 4 aliphatic rings. The molecule has 6 amide bonds. The second-order valence-corrected chi connectivity index (χ2v) is 23.2. The number of unbranched alkanes of at least 4 members (excludes halogenated alkanes) is 5. The van der Waals surface area contributed by atoms with E-state index in [1.165, 1.54) is 12.1 Å². The molecule has 16 nitrogen and oxygen atoms in total. The van der Waals surface area contributed by atoms with Crippen LogP contribution in [0.3, 0.4) is 0 Å². The SMILES string of the molecule is CN[C@@H](C)C(=O)N[C@H](C(=O)N1CCC[C@H]1c1cncc(-c2ccc(F)c(C(=O)NCCCCCCCCNC(=O)c3cc(-c4cncc([C@@H]5CCCN5C(=O)[C@@H](NC(=O)[C@H](C)NC)C5CCCCC5)c4)ccc3F)c2)c1)C1CCCCC1. The Morgan fingerprint density at radius 1 is 0.500 bits per heavy atom. The van der Waals surface area contributed by atoms with Crippen molar-refractivity contribution in [1.29, 1.82) is 0 Å². The lowest BCUT2D eigenvalue weighted by molar-refractivity contribution is -0.139. The lowest BCUT2D eigenvalue weighted by atomic mass is 9.83. The predicted molar refractivity (Wildman–Crippen MR) is 313 cm³/mol. The molecule has 2 aromatic carbocycles. The highest BCUT2D eigenvalue weighted by Crippen LogP contribution is 2.39. The van der Waals surface area contributed by atoms with Gasteiger partial charge in [0.2, 0.25) is 23.6 Å². The van der Waals surface area contributed by atoms with Crippen LogP contribution in [0.5, 0.6) is 0 Å². The normalized spacial score (nSPS) is 19.2. The molecule has 2 aliphatic carbocycles. The van der Waals surface area contributed by atoms with Crippen LogP contribution in [0.4, 0.5) is 8.78 Å². The van der Waals surface area contributed by atoms with Crippen LogP contribution < -0.4 is 31.9 Å². The number of carbonyl (C=O) groups excluding carboxylic acids is 6. The van der Waals surface area contributed by atoms with Gasteiger partial charge in [0, 0.05) is 62.1 Å². The van der Waals surface area contributed by atoms with Gasteiger partial charge in [-0.05, 0) is 163 Å². The molecule has 4 aromatic rings. The minimum atomic E-state index is -0.629. The van der Waals surface area contributed by atoms with Crippen molar-refractivity contribution in [3.05, 3.63) is 107 Å². The molecule has 0 spiro atoms. The summed E-state index contributed by atoms with van der Waals surface area (Å²) in [6.07, 6.45) is 24.9. The summed E-state index contributed by atoms with van der Waals surface area (Å²) in [5, 5.41) is 17.9. The van der Waals surface area contributed by atoms with E-state index >= 15 is 8.78 Å². The van der Waals surface area contributed by atoms with Crippen molar-refractivity contribution in [1.82, 2.24) is 51.7 Å². The molecule has 2 aromatic heterocycles. The fourth-order valence-corrected chi connectivity index (χ4v) is 12.5. The van der Waals surface area contributed by atoms with E-state index < -0.39 is 47.6 Å². The number of benzene rings is 2. The van der Waals surface area contributed by atoms with Gasteiger partial charge in [0.05, 0.1) is 35.3 Å². The maximum Gasteiger partial charge on any atom is 0.254 e. The first kappa shape index (κ1) is 61.4. The summed E-state index contributed by atoms with van der Waals surface area (Å²) in [6.45, 7) is 5.46. The minimum absolute atomic E-state index is 0.0644. The topological polar surface area (TPSA) is 207 Å². The van der Waals surface area contributed by atoms with E-state index in [0.717, 1.165) is 127 Å². The zero-order chi connectivity index (χ0) is 58.1. The Morgan fingerprint density at radius 2 is 0.890 bits per heavy atom. The summed E-state index contributed by atoms with van der Waals surface area (Å²) in [5.74, 6) is -2.64. The van der Waals surface area contributed by atoms with Crippen LogP contribution in [-0.4, -0.2) is 120 Å². The fraction of sp³-hybridized carbons (Fsp3) is 0.562. The molecule has 4 fully saturated rings. The van der Waals surface area contributed by atoms with Crippen LogP contribution in [0.1, 0.15) is 186 Å². The van der Waals surface area contributed by atoms with Gasteiger partial charge in [0.1, 0.15) is 23.7 Å². The Kier molecular flexibility index (Phi) is 22.5. The Bertz CT molecular complexity index is 2650. The molecule has 6 atom stereocenters. The second kappa shape index (κ2) is 30.1. The van der Waals surface area contributed by atoms with Gasteiger partial charge >= 0.3 is 0 Å². The molecule has 4 heterocycles. The van der Waals surface area contributed by atoms with Gasteiger partial charge in [-0.2, -0.15) is 0 Å². The van der Waals surface area contributed by atoms with Gasteiger partial charge in [-0.25, -0.2) is 8.78 Å². The van der Waals surface area contributed by atoms with Crippen molar-refractivity contribution in [3.63, 3.8) is 0 Å². The fourth-order valence-electron chi connectivity index (χ4n) is 12.5. The average molecular weight is 1130 g/mol. The van der Waals surface area contributed by atoms with Crippen LogP contribution in [0.2, 0.25) is 0 Å². The highest BCUT2D eigenvalue weighted by atomic mass is 19.1. The largest absolute Gasteiger partial charge is 0.352 e. The van der Waals surface area contributed by atoms with Gasteiger partial charge in [-0.3, -0.25) is 38.7 Å². The molecule has 8 rings (SSSR count). The van der Waals surface area contributed by atoms with Crippen molar-refractivity contribution < 1.29 is 37.5 Å². The molecular formula is C64H86F2N10O6. The third kappa shape index (κ3) is 15.7. The molecule has 6 N–H and O–H groups in total. The Hall–Kier alpha value is -6.66. The van der Waals surface area contributed by atoms with Crippen LogP contribution >= 0.6 is 0 Å². The number of likely N-dealkylation sites (N-methyl/N-ethyl adjacent to an activating group) is 2. The number of halogens is 2. The van der Waals surface area contributed by atoms with E-state index in [2.05, 4.69) is 41.9 Å². The van der Waals surface area contributed by atoms with Crippen molar-refractivity contribution in [2.24, 2.45) is 11.8 Å². The average Bonchev–Trinajstić information content (AvgIpc) is 4.38. The van der Waals surface area contributed by atoms with Crippen molar-refractivity contribution in [2.45, 2.75) is 179 Å². The summed E-state index contributed by atoms with van der Waals surface area (Å²) in [5.41, 5.74) is 4.23. The van der Waals surface area contributed by atoms with Crippen LogP contribution in [0, 0.1) is 23.5 Å². The van der Waals surface area contributed by atoms with Crippen LogP contribution in [0.25, 0.3) is 22.3 Å². The molecular weight excluding hydrogens is 1040 g/mol. The Balaban J connectivity index is 0.772. The van der Waals surface area contributed by atoms with Crippen molar-refractivity contribution in [3.8, 4) is 22.3 Å². The number of hydrogen-bond donors (Lipinski definition) is 6. The quantitative estimate of drug-likeness (QED) is 0.0347. The highest BCUT2D eigenvalue weighted by Gasteiger charge is 2.41. The van der Waals surface area contributed by atoms with Crippen LogP contribution in [-0.2, 0) is 19.2 Å². The van der Waals surface area contributed by atoms with E-state index in [0.29, 0.717) is 61.3 Å². The van der Waals surface area contributed by atoms with Crippen molar-refractivity contribution in [2.75, 3.05) is 40.3 Å². The molecule has 18 heteroatoms. The number of amides is 6. The molecule has 0 radical (unpaired) electrons. The maximum atomic E-state index is 15.2. The van der Waals surface area contributed by atoms with Gasteiger partial charge in [0.15, 0.2) is 0 Å². The standard InChI is InChI=1S/C64H86F2N10O6/c1-41(67-3)59(77)73-57(43-19-11-9-12-20-43)63(81)75-31-17-23-55(75)49-33-47(37-69-39-49)45-25-27-53(65)51(35-45)61(79)71-29-15-7-5-6-8-16-30-72-62(80)52-36-46(26-28-54(52)66)48-34-50(40-70-38-48)56-24-18-32-76(56)64(82)58(44-21-13-10-14-22-44)74-60(78)42(2)68-4/h25-28,33-44,55-58,67-68H,5-24,29-32H2,1-4H3,(H,71,79)(H,72,80)(H,73,77)(H,74,78)/t41-,42-,55-,56-,57-,58-/m0/s1. The number of aromatic nitrogens is 2. The molecule has 2 saturated heterocycles. The maximum absolute atomic E-state index is 15.2. The Morgan fingerprint density at radius 3 is 1.28 bits per heavy atom. The summed E-state index contributed by atoms with van der Waals surface area (Å²) in [6, 6.07) is 10.3. The zero-order valence-corrected chi connectivity index (χ0v) is 48.5. The third-order valence-corrected chi connectivity index (χ3v) is 17.6. The van der Waals surface area contributed by atoms with E-state index in [4.69, 9.17) is 0 Å². The summed E-state index contributed by atoms with van der Waals surface area (Å²) in [7, 11) is 3.45. The number of nitrogens with zero attached hydrogens (tertiary/aromatic N) is 4. The lowest BCUT2D eigenvalue weighted by Crippen LogP contribution is -2.55. The predicted octanol–water partition coefficient (Wildman–Crippen LogP) is 9.26. The number of likely N-dealkylation sites (tertiary alicyclic amines) is 2. The number of rotatable bonds is 25. The summed E-state index contributed by atoms with van der Waals surface area (Å²) < 4.78 is 30.4. The molecule has 442 valence electrons.